The van der Waals surface area contributed by atoms with Crippen LogP contribution in [0.5, 0.6) is 0 Å². The summed E-state index contributed by atoms with van der Waals surface area (Å²) in [6, 6.07) is 14.5. The molecule has 0 radical (unpaired) electrons. The monoisotopic (exact) mass is 462 g/mol. The Hall–Kier alpha value is -1.50. The third kappa shape index (κ3) is 4.73. The molecule has 150 valence electrons. The Morgan fingerprint density at radius 1 is 1.21 bits per heavy atom. The van der Waals surface area contributed by atoms with Gasteiger partial charge in [0.2, 0.25) is 5.91 Å². The lowest BCUT2D eigenvalue weighted by molar-refractivity contribution is -0.116. The first kappa shape index (κ1) is 21.2. The van der Waals surface area contributed by atoms with E-state index in [2.05, 4.69) is 44.9 Å². The summed E-state index contributed by atoms with van der Waals surface area (Å²) in [5.74, 6) is 0.0214. The molecular weight excluding hydrogens is 436 g/mol. The molecule has 0 bridgehead atoms. The van der Waals surface area contributed by atoms with Crippen molar-refractivity contribution in [3.8, 4) is 0 Å². The summed E-state index contributed by atoms with van der Waals surface area (Å²) in [5.41, 5.74) is 4.31. The molecule has 4 nitrogen and oxygen atoms in total. The van der Waals surface area contributed by atoms with E-state index in [1.807, 2.05) is 43.9 Å². The Morgan fingerprint density at radius 2 is 1.89 bits per heavy atom. The molecule has 0 saturated carbocycles. The highest BCUT2D eigenvalue weighted by atomic mass is 79.9. The van der Waals surface area contributed by atoms with Crippen molar-refractivity contribution in [3.05, 3.63) is 63.6 Å². The van der Waals surface area contributed by atoms with Crippen molar-refractivity contribution in [1.82, 2.24) is 4.72 Å². The first-order valence-corrected chi connectivity index (χ1v) is 11.4. The van der Waals surface area contributed by atoms with E-state index in [1.54, 1.807) is 6.92 Å². The smallest absolute Gasteiger partial charge is 0.223 e. The average Bonchev–Trinajstić information content (AvgIpc) is 2.62. The second-order valence-electron chi connectivity index (χ2n) is 8.19. The zero-order valence-corrected chi connectivity index (χ0v) is 19.2. The number of fused-ring (bicyclic) bond motifs is 1. The van der Waals surface area contributed by atoms with Crippen molar-refractivity contribution in [2.75, 3.05) is 11.4 Å². The third-order valence-corrected chi connectivity index (χ3v) is 7.09. The van der Waals surface area contributed by atoms with Gasteiger partial charge in [0.15, 0.2) is 0 Å². The van der Waals surface area contributed by atoms with E-state index in [1.165, 1.54) is 5.56 Å². The van der Waals surface area contributed by atoms with Gasteiger partial charge in [-0.3, -0.25) is 4.79 Å². The van der Waals surface area contributed by atoms with Gasteiger partial charge in [-0.05, 0) is 72.3 Å². The fourth-order valence-electron chi connectivity index (χ4n) is 3.43. The SMILES string of the molecule is CC(=O)N1CC[C@@H](N[S@](=O)C(C)(C)C)c2cc(Cc3ccccc3)cc(Br)c21. The lowest BCUT2D eigenvalue weighted by atomic mass is 9.93. The van der Waals surface area contributed by atoms with Crippen LogP contribution < -0.4 is 9.62 Å². The van der Waals surface area contributed by atoms with E-state index >= 15 is 0 Å². The van der Waals surface area contributed by atoms with Crippen LogP contribution in [0, 0.1) is 0 Å². The first-order valence-electron chi connectivity index (χ1n) is 9.49. The number of carbonyl (C=O) groups excluding carboxylic acids is 1. The highest BCUT2D eigenvalue weighted by molar-refractivity contribution is 9.10. The van der Waals surface area contributed by atoms with Crippen LogP contribution >= 0.6 is 15.9 Å². The molecule has 0 unspecified atom stereocenters. The van der Waals surface area contributed by atoms with Crippen LogP contribution in [0.3, 0.4) is 0 Å². The third-order valence-electron chi connectivity index (χ3n) is 4.88. The minimum absolute atomic E-state index is 0.0214. The number of hydrogen-bond donors (Lipinski definition) is 1. The van der Waals surface area contributed by atoms with Crippen LogP contribution in [0.15, 0.2) is 46.9 Å². The number of nitrogens with zero attached hydrogens (tertiary/aromatic N) is 1. The van der Waals surface area contributed by atoms with Crippen molar-refractivity contribution in [1.29, 1.82) is 0 Å². The molecule has 0 aliphatic carbocycles. The van der Waals surface area contributed by atoms with Crippen molar-refractivity contribution < 1.29 is 9.00 Å². The summed E-state index contributed by atoms with van der Waals surface area (Å²) in [7, 11) is -1.18. The molecule has 1 aliphatic heterocycles. The molecule has 0 fully saturated rings. The van der Waals surface area contributed by atoms with Gasteiger partial charge in [0.05, 0.1) is 21.4 Å². The topological polar surface area (TPSA) is 49.4 Å². The summed E-state index contributed by atoms with van der Waals surface area (Å²) in [6.07, 6.45) is 1.54. The van der Waals surface area contributed by atoms with Gasteiger partial charge in [-0.25, -0.2) is 8.93 Å². The fraction of sp³-hybridized carbons (Fsp3) is 0.409. The minimum Gasteiger partial charge on any atom is -0.311 e. The van der Waals surface area contributed by atoms with E-state index < -0.39 is 11.0 Å². The van der Waals surface area contributed by atoms with Crippen molar-refractivity contribution in [2.24, 2.45) is 0 Å². The van der Waals surface area contributed by atoms with Gasteiger partial charge in [-0.1, -0.05) is 36.4 Å². The largest absolute Gasteiger partial charge is 0.311 e. The van der Waals surface area contributed by atoms with Crippen LogP contribution in [-0.4, -0.2) is 21.4 Å². The van der Waals surface area contributed by atoms with Gasteiger partial charge >= 0.3 is 0 Å². The maximum Gasteiger partial charge on any atom is 0.223 e. The highest BCUT2D eigenvalue weighted by Crippen LogP contribution is 2.41. The minimum atomic E-state index is -1.18. The molecule has 6 heteroatoms. The molecule has 2 aromatic carbocycles. The predicted octanol–water partition coefficient (Wildman–Crippen LogP) is 4.89. The second-order valence-corrected chi connectivity index (χ2v) is 11.0. The molecule has 1 heterocycles. The van der Waals surface area contributed by atoms with Crippen LogP contribution in [0.25, 0.3) is 0 Å². The van der Waals surface area contributed by atoms with Crippen molar-refractivity contribution in [3.63, 3.8) is 0 Å². The molecule has 1 N–H and O–H groups in total. The van der Waals surface area contributed by atoms with Gasteiger partial charge in [-0.15, -0.1) is 0 Å². The number of benzene rings is 2. The summed E-state index contributed by atoms with van der Waals surface area (Å²) in [5, 5.41) is 0. The van der Waals surface area contributed by atoms with Gasteiger partial charge in [0, 0.05) is 24.0 Å². The lowest BCUT2D eigenvalue weighted by Crippen LogP contribution is -2.42. The van der Waals surface area contributed by atoms with E-state index in [9.17, 15) is 9.00 Å². The zero-order valence-electron chi connectivity index (χ0n) is 16.8. The number of nitrogens with one attached hydrogen (secondary N) is 1. The number of hydrogen-bond acceptors (Lipinski definition) is 2. The summed E-state index contributed by atoms with van der Waals surface area (Å²) < 4.78 is 16.6. The van der Waals surface area contributed by atoms with Crippen molar-refractivity contribution >= 4 is 38.5 Å². The number of carbonyl (C=O) groups is 1. The molecule has 1 amide bonds. The summed E-state index contributed by atoms with van der Waals surface area (Å²) in [6.45, 7) is 8.09. The molecule has 28 heavy (non-hydrogen) atoms. The predicted molar refractivity (Wildman–Crippen MR) is 120 cm³/mol. The molecule has 0 spiro atoms. The van der Waals surface area contributed by atoms with E-state index in [-0.39, 0.29) is 16.7 Å². The molecular formula is C22H27BrN2O2S. The van der Waals surface area contributed by atoms with Crippen LogP contribution in [0.1, 0.15) is 56.8 Å². The first-order chi connectivity index (χ1) is 13.2. The molecule has 0 aromatic heterocycles. The summed E-state index contributed by atoms with van der Waals surface area (Å²) in [4.78, 5) is 14.0. The lowest BCUT2D eigenvalue weighted by Gasteiger charge is -2.36. The van der Waals surface area contributed by atoms with Gasteiger partial charge in [-0.2, -0.15) is 0 Å². The standard InChI is InChI=1S/C22H27BrN2O2S/c1-15(26)25-11-10-20(24-28(27)22(2,3)4)18-13-17(14-19(23)21(18)25)12-16-8-6-5-7-9-16/h5-9,13-14,20,24H,10-12H2,1-4H3/t20-,28-/m1/s1. The number of anilines is 1. The van der Waals surface area contributed by atoms with E-state index in [4.69, 9.17) is 0 Å². The van der Waals surface area contributed by atoms with Gasteiger partial charge in [0.25, 0.3) is 0 Å². The molecule has 0 saturated heterocycles. The van der Waals surface area contributed by atoms with Crippen LogP contribution in [0.2, 0.25) is 0 Å². The molecule has 1 aliphatic rings. The second kappa shape index (κ2) is 8.47. The Bertz CT molecular complexity index is 893. The Kier molecular flexibility index (Phi) is 6.42. The Morgan fingerprint density at radius 3 is 2.50 bits per heavy atom. The molecule has 2 aromatic rings. The number of amides is 1. The molecule has 3 rings (SSSR count). The van der Waals surface area contributed by atoms with Gasteiger partial charge in [0.1, 0.15) is 0 Å². The maximum absolute atomic E-state index is 12.7. The van der Waals surface area contributed by atoms with Crippen LogP contribution in [0.4, 0.5) is 5.69 Å². The molecule has 2 atom stereocenters. The van der Waals surface area contributed by atoms with E-state index in [0.717, 1.165) is 34.1 Å². The normalized spacial score (nSPS) is 17.9. The fourth-order valence-corrected chi connectivity index (χ4v) is 5.03. The van der Waals surface area contributed by atoms with Gasteiger partial charge < -0.3 is 4.90 Å². The average molecular weight is 463 g/mol. The number of halogens is 1. The zero-order chi connectivity index (χ0) is 20.5. The highest BCUT2D eigenvalue weighted by Gasteiger charge is 2.32. The van der Waals surface area contributed by atoms with Crippen LogP contribution in [-0.2, 0) is 22.2 Å². The van der Waals surface area contributed by atoms with Crippen molar-refractivity contribution in [2.45, 2.75) is 51.3 Å². The van der Waals surface area contributed by atoms with E-state index in [0.29, 0.717) is 6.54 Å². The summed E-state index contributed by atoms with van der Waals surface area (Å²) >= 11 is 3.69. The quantitative estimate of drug-likeness (QED) is 0.702. The Labute approximate surface area is 178 Å². The maximum atomic E-state index is 12.7. The number of rotatable bonds is 4. The Balaban J connectivity index is 2.01.